The van der Waals surface area contributed by atoms with Crippen LogP contribution in [0.1, 0.15) is 25.0 Å². The number of anilines is 1. The zero-order valence-corrected chi connectivity index (χ0v) is 17.3. The lowest BCUT2D eigenvalue weighted by Gasteiger charge is -2.26. The van der Waals surface area contributed by atoms with Crippen LogP contribution in [-0.2, 0) is 11.3 Å². The summed E-state index contributed by atoms with van der Waals surface area (Å²) in [6, 6.07) is 14.5. The van der Waals surface area contributed by atoms with Gasteiger partial charge < -0.3 is 5.32 Å². The van der Waals surface area contributed by atoms with Gasteiger partial charge in [-0.15, -0.1) is 0 Å². The maximum absolute atomic E-state index is 12.5. The lowest BCUT2D eigenvalue weighted by molar-refractivity contribution is -0.117. The lowest BCUT2D eigenvalue weighted by Crippen LogP contribution is -2.37. The molecule has 0 saturated carbocycles. The number of nitrogens with zero attached hydrogens (tertiary/aromatic N) is 1. The van der Waals surface area contributed by atoms with E-state index in [2.05, 4.69) is 68.1 Å². The van der Waals surface area contributed by atoms with E-state index in [0.717, 1.165) is 26.7 Å². The van der Waals surface area contributed by atoms with Crippen molar-refractivity contribution in [3.8, 4) is 0 Å². The molecule has 128 valence electrons. The number of halogens is 2. The molecule has 2 rings (SSSR count). The number of hydrogen-bond acceptors (Lipinski definition) is 2. The molecule has 0 aliphatic heterocycles. The highest BCUT2D eigenvalue weighted by Crippen LogP contribution is 2.32. The zero-order valence-electron chi connectivity index (χ0n) is 14.1. The Bertz CT molecular complexity index is 679. The Kier molecular flexibility index (Phi) is 7.02. The van der Waals surface area contributed by atoms with Crippen molar-refractivity contribution < 1.29 is 4.79 Å². The molecular formula is C19H22Br2N2O. The number of benzene rings is 2. The highest BCUT2D eigenvalue weighted by molar-refractivity contribution is 9.11. The average molecular weight is 454 g/mol. The van der Waals surface area contributed by atoms with Crippen molar-refractivity contribution in [1.82, 2.24) is 4.90 Å². The third-order valence-corrected chi connectivity index (χ3v) is 5.01. The summed E-state index contributed by atoms with van der Waals surface area (Å²) in [5.41, 5.74) is 3.10. The maximum atomic E-state index is 12.5. The first kappa shape index (κ1) is 19.2. The van der Waals surface area contributed by atoms with E-state index in [1.807, 2.05) is 37.3 Å². The molecule has 0 unspecified atom stereocenters. The summed E-state index contributed by atoms with van der Waals surface area (Å²) in [5, 5.41) is 3.00. The van der Waals surface area contributed by atoms with Crippen LogP contribution in [0.4, 0.5) is 5.69 Å². The van der Waals surface area contributed by atoms with Crippen LogP contribution in [0.25, 0.3) is 0 Å². The van der Waals surface area contributed by atoms with Crippen LogP contribution in [0, 0.1) is 6.92 Å². The number of rotatable bonds is 6. The Labute approximate surface area is 160 Å². The second kappa shape index (κ2) is 8.79. The van der Waals surface area contributed by atoms with Crippen molar-refractivity contribution in [2.24, 2.45) is 0 Å². The summed E-state index contributed by atoms with van der Waals surface area (Å²) in [4.78, 5) is 14.7. The predicted molar refractivity (Wildman–Crippen MR) is 107 cm³/mol. The third-order valence-electron chi connectivity index (χ3n) is 3.76. The van der Waals surface area contributed by atoms with Crippen LogP contribution in [0.3, 0.4) is 0 Å². The zero-order chi connectivity index (χ0) is 17.7. The van der Waals surface area contributed by atoms with Gasteiger partial charge in [-0.05, 0) is 75.9 Å². The molecule has 5 heteroatoms. The fraction of sp³-hybridized carbons (Fsp3) is 0.316. The second-order valence-corrected chi connectivity index (χ2v) is 7.84. The molecule has 0 aromatic heterocycles. The maximum Gasteiger partial charge on any atom is 0.238 e. The van der Waals surface area contributed by atoms with Crippen molar-refractivity contribution in [3.63, 3.8) is 0 Å². The molecule has 0 atom stereocenters. The molecule has 1 N–H and O–H groups in total. The van der Waals surface area contributed by atoms with Gasteiger partial charge in [0, 0.05) is 21.5 Å². The molecule has 0 saturated heterocycles. The van der Waals surface area contributed by atoms with Crippen molar-refractivity contribution in [3.05, 3.63) is 62.5 Å². The van der Waals surface area contributed by atoms with Crippen LogP contribution < -0.4 is 5.32 Å². The smallest absolute Gasteiger partial charge is 0.238 e. The monoisotopic (exact) mass is 452 g/mol. The fourth-order valence-corrected chi connectivity index (χ4v) is 4.04. The molecule has 0 spiro atoms. The van der Waals surface area contributed by atoms with E-state index in [0.29, 0.717) is 6.54 Å². The van der Waals surface area contributed by atoms with Gasteiger partial charge in [-0.1, -0.05) is 30.3 Å². The second-order valence-electron chi connectivity index (χ2n) is 6.14. The summed E-state index contributed by atoms with van der Waals surface area (Å²) in [7, 11) is 0. The number of aryl methyl sites for hydroxylation is 1. The van der Waals surface area contributed by atoms with Crippen molar-refractivity contribution in [2.75, 3.05) is 11.9 Å². The molecule has 3 nitrogen and oxygen atoms in total. The van der Waals surface area contributed by atoms with Crippen molar-refractivity contribution in [1.29, 1.82) is 0 Å². The molecular weight excluding hydrogens is 432 g/mol. The summed E-state index contributed by atoms with van der Waals surface area (Å²) in [6.45, 7) is 7.32. The van der Waals surface area contributed by atoms with Gasteiger partial charge in [0.2, 0.25) is 5.91 Å². The summed E-state index contributed by atoms with van der Waals surface area (Å²) >= 11 is 7.03. The quantitative estimate of drug-likeness (QED) is 0.637. The van der Waals surface area contributed by atoms with Crippen LogP contribution in [-0.4, -0.2) is 23.4 Å². The Morgan fingerprint density at radius 2 is 1.71 bits per heavy atom. The van der Waals surface area contributed by atoms with E-state index in [-0.39, 0.29) is 11.9 Å². The normalized spacial score (nSPS) is 11.1. The number of amides is 1. The SMILES string of the molecule is Cc1cc(Br)c(NC(=O)CN(Cc2ccccc2)C(C)C)c(Br)c1. The minimum Gasteiger partial charge on any atom is -0.323 e. The van der Waals surface area contributed by atoms with E-state index >= 15 is 0 Å². The van der Waals surface area contributed by atoms with Gasteiger partial charge in [-0.2, -0.15) is 0 Å². The summed E-state index contributed by atoms with van der Waals surface area (Å²) < 4.78 is 1.75. The van der Waals surface area contributed by atoms with E-state index in [4.69, 9.17) is 0 Å². The van der Waals surface area contributed by atoms with Crippen LogP contribution in [0.15, 0.2) is 51.4 Å². The van der Waals surface area contributed by atoms with Crippen LogP contribution in [0.2, 0.25) is 0 Å². The van der Waals surface area contributed by atoms with Gasteiger partial charge >= 0.3 is 0 Å². The summed E-state index contributed by atoms with van der Waals surface area (Å²) in [6.07, 6.45) is 0. The third kappa shape index (κ3) is 5.43. The van der Waals surface area contributed by atoms with E-state index in [1.54, 1.807) is 0 Å². The lowest BCUT2D eigenvalue weighted by atomic mass is 10.2. The highest BCUT2D eigenvalue weighted by atomic mass is 79.9. The first-order valence-corrected chi connectivity index (χ1v) is 9.49. The Hall–Kier alpha value is -1.17. The van der Waals surface area contributed by atoms with Crippen LogP contribution >= 0.6 is 31.9 Å². The molecule has 2 aromatic rings. The topological polar surface area (TPSA) is 32.3 Å². The van der Waals surface area contributed by atoms with Gasteiger partial charge in [0.05, 0.1) is 12.2 Å². The molecule has 0 aliphatic rings. The minimum atomic E-state index is -0.0233. The van der Waals surface area contributed by atoms with Gasteiger partial charge in [0.1, 0.15) is 0 Å². The van der Waals surface area contributed by atoms with Crippen LogP contribution in [0.5, 0.6) is 0 Å². The number of hydrogen-bond donors (Lipinski definition) is 1. The van der Waals surface area contributed by atoms with Crippen molar-refractivity contribution >= 4 is 43.5 Å². The van der Waals surface area contributed by atoms with Gasteiger partial charge in [0.25, 0.3) is 0 Å². The predicted octanol–water partition coefficient (Wildman–Crippen LogP) is 5.37. The minimum absolute atomic E-state index is 0.0233. The van der Waals surface area contributed by atoms with E-state index in [1.165, 1.54) is 5.56 Å². The Balaban J connectivity index is 2.06. The van der Waals surface area contributed by atoms with Gasteiger partial charge in [0.15, 0.2) is 0 Å². The molecule has 1 amide bonds. The molecule has 0 radical (unpaired) electrons. The standard InChI is InChI=1S/C19H22Br2N2O/c1-13(2)23(11-15-7-5-4-6-8-15)12-18(24)22-19-16(20)9-14(3)10-17(19)21/h4-10,13H,11-12H2,1-3H3,(H,22,24). The largest absolute Gasteiger partial charge is 0.323 e. The van der Waals surface area contributed by atoms with Crippen molar-refractivity contribution in [2.45, 2.75) is 33.4 Å². The highest BCUT2D eigenvalue weighted by Gasteiger charge is 2.16. The average Bonchev–Trinajstić information content (AvgIpc) is 2.51. The van der Waals surface area contributed by atoms with E-state index < -0.39 is 0 Å². The first-order valence-electron chi connectivity index (χ1n) is 7.90. The first-order chi connectivity index (χ1) is 11.4. The fourth-order valence-electron chi connectivity index (χ4n) is 2.42. The molecule has 2 aromatic carbocycles. The number of carbonyl (C=O) groups is 1. The molecule has 0 aliphatic carbocycles. The Morgan fingerprint density at radius 1 is 1.12 bits per heavy atom. The van der Waals surface area contributed by atoms with Gasteiger partial charge in [-0.3, -0.25) is 9.69 Å². The summed E-state index contributed by atoms with van der Waals surface area (Å²) in [5.74, 6) is -0.0233. The Morgan fingerprint density at radius 3 is 2.25 bits per heavy atom. The molecule has 0 fully saturated rings. The number of nitrogens with one attached hydrogen (secondary N) is 1. The number of carbonyl (C=O) groups excluding carboxylic acids is 1. The van der Waals surface area contributed by atoms with Gasteiger partial charge in [-0.25, -0.2) is 0 Å². The molecule has 0 bridgehead atoms. The molecule has 0 heterocycles. The van der Waals surface area contributed by atoms with E-state index in [9.17, 15) is 4.79 Å². The molecule has 24 heavy (non-hydrogen) atoms.